The van der Waals surface area contributed by atoms with Crippen molar-refractivity contribution in [1.29, 1.82) is 0 Å². The van der Waals surface area contributed by atoms with Gasteiger partial charge in [0.2, 0.25) is 0 Å². The van der Waals surface area contributed by atoms with Crippen molar-refractivity contribution in [2.75, 3.05) is 20.3 Å². The highest BCUT2D eigenvalue weighted by molar-refractivity contribution is 6.10. The van der Waals surface area contributed by atoms with Crippen molar-refractivity contribution in [3.05, 3.63) is 35.7 Å². The maximum Gasteiger partial charge on any atom is 0.338 e. The van der Waals surface area contributed by atoms with Crippen LogP contribution >= 0.6 is 0 Å². The fourth-order valence-electron chi connectivity index (χ4n) is 3.44. The summed E-state index contributed by atoms with van der Waals surface area (Å²) in [5.74, 6) is 0.598. The molecule has 9 heteroatoms. The summed E-state index contributed by atoms with van der Waals surface area (Å²) in [7, 11) is 1.34. The number of H-pyrrole nitrogens is 1. The Morgan fingerprint density at radius 2 is 2.10 bits per heavy atom. The van der Waals surface area contributed by atoms with Crippen LogP contribution in [0.5, 0.6) is 5.75 Å². The van der Waals surface area contributed by atoms with E-state index in [0.717, 1.165) is 22.2 Å². The van der Waals surface area contributed by atoms with E-state index in [1.807, 2.05) is 24.6 Å². The number of esters is 1. The average Bonchev–Trinajstić information content (AvgIpc) is 3.32. The fourth-order valence-corrected chi connectivity index (χ4v) is 3.44. The Bertz CT molecular complexity index is 1230. The second kappa shape index (κ2) is 8.11. The second-order valence-corrected chi connectivity index (χ2v) is 6.88. The number of hydrogen-bond donors (Lipinski definition) is 2. The van der Waals surface area contributed by atoms with E-state index in [1.165, 1.54) is 7.11 Å². The summed E-state index contributed by atoms with van der Waals surface area (Å²) in [5.41, 5.74) is 3.45. The number of rotatable bonds is 7. The Hall–Kier alpha value is -3.46. The Morgan fingerprint density at radius 3 is 2.83 bits per heavy atom. The van der Waals surface area contributed by atoms with Gasteiger partial charge >= 0.3 is 5.97 Å². The van der Waals surface area contributed by atoms with E-state index >= 15 is 0 Å². The highest BCUT2D eigenvalue weighted by atomic mass is 16.5. The van der Waals surface area contributed by atoms with Crippen LogP contribution in [0.1, 0.15) is 29.4 Å². The summed E-state index contributed by atoms with van der Waals surface area (Å²) in [6, 6.07) is 5.32. The Labute approximate surface area is 172 Å². The molecule has 0 aliphatic carbocycles. The Kier molecular flexibility index (Phi) is 5.37. The van der Waals surface area contributed by atoms with Gasteiger partial charge in [-0.15, -0.1) is 0 Å². The number of aryl methyl sites for hydroxylation is 2. The van der Waals surface area contributed by atoms with Gasteiger partial charge in [0.15, 0.2) is 5.82 Å². The van der Waals surface area contributed by atoms with Gasteiger partial charge in [0, 0.05) is 36.5 Å². The smallest absolute Gasteiger partial charge is 0.338 e. The van der Waals surface area contributed by atoms with E-state index in [0.29, 0.717) is 47.9 Å². The molecule has 0 radical (unpaired) electrons. The number of ether oxygens (including phenoxy) is 2. The number of aromatic amines is 1. The number of benzene rings is 1. The predicted molar refractivity (Wildman–Crippen MR) is 112 cm³/mol. The molecule has 2 N–H and O–H groups in total. The standard InChI is InChI=1S/C21H23N5O4/c1-4-26-16(8-12(2)25-26)20-22-11-15-14-9-13(21(28)29-3)10-17(30-7-5-6-27)18(14)23-19(15)24-20/h8-11,27H,4-7H2,1-3H3,(H,22,23,24). The first-order chi connectivity index (χ1) is 14.5. The third-order valence-electron chi connectivity index (χ3n) is 4.84. The summed E-state index contributed by atoms with van der Waals surface area (Å²) in [5, 5.41) is 15.0. The topological polar surface area (TPSA) is 115 Å². The Morgan fingerprint density at radius 1 is 1.27 bits per heavy atom. The van der Waals surface area contributed by atoms with Crippen molar-refractivity contribution in [1.82, 2.24) is 24.7 Å². The molecular formula is C21H23N5O4. The number of methoxy groups -OCH3 is 1. The summed E-state index contributed by atoms with van der Waals surface area (Å²) in [4.78, 5) is 24.7. The largest absolute Gasteiger partial charge is 0.491 e. The number of aromatic nitrogens is 5. The van der Waals surface area contributed by atoms with Crippen LogP contribution in [0.15, 0.2) is 24.4 Å². The zero-order valence-electron chi connectivity index (χ0n) is 17.1. The molecular weight excluding hydrogens is 386 g/mol. The number of hydrogen-bond acceptors (Lipinski definition) is 7. The zero-order valence-corrected chi connectivity index (χ0v) is 17.1. The van der Waals surface area contributed by atoms with Gasteiger partial charge in [0.25, 0.3) is 0 Å². The van der Waals surface area contributed by atoms with Gasteiger partial charge in [-0.1, -0.05) is 0 Å². The molecule has 1 aromatic carbocycles. The van der Waals surface area contributed by atoms with Crippen molar-refractivity contribution in [3.8, 4) is 17.3 Å². The van der Waals surface area contributed by atoms with Crippen molar-refractivity contribution in [2.45, 2.75) is 26.8 Å². The number of aliphatic hydroxyl groups excluding tert-OH is 1. The van der Waals surface area contributed by atoms with Crippen molar-refractivity contribution >= 4 is 27.9 Å². The van der Waals surface area contributed by atoms with E-state index < -0.39 is 5.97 Å². The van der Waals surface area contributed by atoms with E-state index in [2.05, 4.69) is 15.1 Å². The van der Waals surface area contributed by atoms with Gasteiger partial charge in [-0.25, -0.2) is 14.8 Å². The van der Waals surface area contributed by atoms with Crippen LogP contribution in [0.4, 0.5) is 0 Å². The predicted octanol–water partition coefficient (Wildman–Crippen LogP) is 2.85. The highest BCUT2D eigenvalue weighted by Crippen LogP contribution is 2.33. The van der Waals surface area contributed by atoms with Crippen molar-refractivity contribution in [2.24, 2.45) is 0 Å². The molecule has 4 aromatic rings. The molecule has 0 saturated heterocycles. The van der Waals surface area contributed by atoms with Crippen molar-refractivity contribution < 1.29 is 19.4 Å². The lowest BCUT2D eigenvalue weighted by atomic mass is 10.1. The van der Waals surface area contributed by atoms with Crippen LogP contribution in [0.3, 0.4) is 0 Å². The van der Waals surface area contributed by atoms with E-state index in [4.69, 9.17) is 19.6 Å². The third-order valence-corrected chi connectivity index (χ3v) is 4.84. The maximum atomic E-state index is 12.1. The molecule has 0 bridgehead atoms. The van der Waals surface area contributed by atoms with Gasteiger partial charge in [-0.2, -0.15) is 5.10 Å². The molecule has 0 amide bonds. The molecule has 3 aromatic heterocycles. The lowest BCUT2D eigenvalue weighted by molar-refractivity contribution is 0.0600. The van der Waals surface area contributed by atoms with Gasteiger partial charge in [-0.05, 0) is 32.0 Å². The maximum absolute atomic E-state index is 12.1. The number of aliphatic hydroxyl groups is 1. The summed E-state index contributed by atoms with van der Waals surface area (Å²) in [6.45, 7) is 5.00. The molecule has 30 heavy (non-hydrogen) atoms. The second-order valence-electron chi connectivity index (χ2n) is 6.88. The van der Waals surface area contributed by atoms with E-state index in [-0.39, 0.29) is 6.61 Å². The minimum absolute atomic E-state index is 0.0197. The first-order valence-corrected chi connectivity index (χ1v) is 9.75. The Balaban J connectivity index is 1.88. The van der Waals surface area contributed by atoms with Crippen LogP contribution < -0.4 is 4.74 Å². The molecule has 3 heterocycles. The number of nitrogens with one attached hydrogen (secondary N) is 1. The first-order valence-electron chi connectivity index (χ1n) is 9.75. The summed E-state index contributed by atoms with van der Waals surface area (Å²) in [6.07, 6.45) is 2.21. The van der Waals surface area contributed by atoms with Gasteiger partial charge in [0.1, 0.15) is 17.1 Å². The fraction of sp³-hybridized carbons (Fsp3) is 0.333. The molecule has 0 fully saturated rings. The average molecular weight is 409 g/mol. The van der Waals surface area contributed by atoms with Gasteiger partial charge < -0.3 is 19.6 Å². The number of carbonyl (C=O) groups is 1. The van der Waals surface area contributed by atoms with Crippen LogP contribution in [-0.2, 0) is 11.3 Å². The minimum atomic E-state index is -0.460. The molecule has 0 aliphatic heterocycles. The monoisotopic (exact) mass is 409 g/mol. The molecule has 0 saturated carbocycles. The lowest BCUT2D eigenvalue weighted by Gasteiger charge is -2.08. The summed E-state index contributed by atoms with van der Waals surface area (Å²) >= 11 is 0. The van der Waals surface area contributed by atoms with Crippen LogP contribution in [0, 0.1) is 6.92 Å². The van der Waals surface area contributed by atoms with E-state index in [9.17, 15) is 4.79 Å². The SMILES string of the molecule is CCn1nc(C)cc1-c1ncc2c(n1)[nH]c1c(OCCCO)cc(C(=O)OC)cc12. The van der Waals surface area contributed by atoms with Gasteiger partial charge in [0.05, 0.1) is 30.5 Å². The molecule has 0 spiro atoms. The quantitative estimate of drug-likeness (QED) is 0.356. The van der Waals surface area contributed by atoms with Crippen LogP contribution in [0.2, 0.25) is 0 Å². The van der Waals surface area contributed by atoms with E-state index in [1.54, 1.807) is 18.3 Å². The van der Waals surface area contributed by atoms with Crippen molar-refractivity contribution in [3.63, 3.8) is 0 Å². The summed E-state index contributed by atoms with van der Waals surface area (Å²) < 4.78 is 12.6. The third kappa shape index (κ3) is 3.48. The van der Waals surface area contributed by atoms with Crippen LogP contribution in [-0.4, -0.2) is 56.1 Å². The molecule has 0 aliphatic rings. The minimum Gasteiger partial charge on any atom is -0.491 e. The highest BCUT2D eigenvalue weighted by Gasteiger charge is 2.18. The first kappa shape index (κ1) is 19.8. The number of nitrogens with zero attached hydrogens (tertiary/aromatic N) is 4. The molecule has 0 unspecified atom stereocenters. The molecule has 9 nitrogen and oxygen atoms in total. The molecule has 156 valence electrons. The molecule has 0 atom stereocenters. The van der Waals surface area contributed by atoms with Crippen LogP contribution in [0.25, 0.3) is 33.5 Å². The zero-order chi connectivity index (χ0) is 21.3. The van der Waals surface area contributed by atoms with Gasteiger partial charge in [-0.3, -0.25) is 4.68 Å². The lowest BCUT2D eigenvalue weighted by Crippen LogP contribution is -2.04. The molecule has 4 rings (SSSR count). The number of fused-ring (bicyclic) bond motifs is 3. The normalized spacial score (nSPS) is 11.3. The number of carbonyl (C=O) groups excluding carboxylic acids is 1.